The van der Waals surface area contributed by atoms with Gasteiger partial charge in [0.2, 0.25) is 0 Å². The molecule has 3 aromatic rings. The van der Waals surface area contributed by atoms with Gasteiger partial charge in [-0.05, 0) is 28.7 Å². The highest BCUT2D eigenvalue weighted by molar-refractivity contribution is 5.68. The first-order valence-corrected chi connectivity index (χ1v) is 12.4. The van der Waals surface area contributed by atoms with Gasteiger partial charge in [-0.2, -0.15) is 0 Å². The van der Waals surface area contributed by atoms with Gasteiger partial charge in [-0.25, -0.2) is 4.79 Å². The molecule has 1 aliphatic carbocycles. The summed E-state index contributed by atoms with van der Waals surface area (Å²) in [4.78, 5) is 11.2. The number of hydrogen-bond donors (Lipinski definition) is 1. The third-order valence-corrected chi connectivity index (χ3v) is 6.03. The van der Waals surface area contributed by atoms with E-state index in [1.165, 1.54) is 0 Å². The predicted octanol–water partition coefficient (Wildman–Crippen LogP) is 5.97. The number of carbonyl (C=O) groups is 1. The van der Waals surface area contributed by atoms with Crippen LogP contribution in [0.4, 0.5) is 0 Å². The number of ether oxygens (including phenoxy) is 4. The summed E-state index contributed by atoms with van der Waals surface area (Å²) in [6.45, 7) is 5.33. The second-order valence-corrected chi connectivity index (χ2v) is 9.52. The molecule has 1 N–H and O–H groups in total. The molecule has 6 nitrogen and oxygen atoms in total. The van der Waals surface area contributed by atoms with E-state index in [1.54, 1.807) is 0 Å². The third-order valence-electron chi connectivity index (χ3n) is 6.03. The quantitative estimate of drug-likeness (QED) is 0.337. The summed E-state index contributed by atoms with van der Waals surface area (Å²) in [6, 6.07) is 24.0. The predicted molar refractivity (Wildman–Crippen MR) is 137 cm³/mol. The fraction of sp³-hybridized carbons (Fsp3) is 0.367. The van der Waals surface area contributed by atoms with Crippen LogP contribution in [0.2, 0.25) is 0 Å². The van der Waals surface area contributed by atoms with Gasteiger partial charge in [0, 0.05) is 24.5 Å². The molecule has 0 radical (unpaired) electrons. The normalized spacial score (nSPS) is 17.0. The molecule has 190 valence electrons. The lowest BCUT2D eigenvalue weighted by molar-refractivity contribution is -0.145. The first kappa shape index (κ1) is 25.7. The van der Waals surface area contributed by atoms with E-state index in [1.807, 2.05) is 72.8 Å². The Morgan fingerprint density at radius 2 is 1.58 bits per heavy atom. The Balaban J connectivity index is 1.64. The Kier molecular flexibility index (Phi) is 8.98. The molecule has 0 aromatic heterocycles. The summed E-state index contributed by atoms with van der Waals surface area (Å²) in [5.41, 5.74) is 4.11. The minimum Gasteiger partial charge on any atom is -0.493 e. The SMILES string of the molecule is CC(C)COc1cc(OCc2ccccc2)c2c(c1)[C@@H](OCc1ccccc1)C[C@H](OCC(=O)O)C2. The Bertz CT molecular complexity index is 1110. The number of aliphatic carboxylic acids is 1. The van der Waals surface area contributed by atoms with Gasteiger partial charge < -0.3 is 24.1 Å². The molecular formula is C30H34O6. The van der Waals surface area contributed by atoms with Gasteiger partial charge in [0.15, 0.2) is 0 Å². The Morgan fingerprint density at radius 1 is 0.917 bits per heavy atom. The molecule has 0 saturated carbocycles. The van der Waals surface area contributed by atoms with E-state index in [9.17, 15) is 4.79 Å². The molecular weight excluding hydrogens is 456 g/mol. The molecule has 0 saturated heterocycles. The van der Waals surface area contributed by atoms with Crippen LogP contribution in [0.25, 0.3) is 0 Å². The monoisotopic (exact) mass is 490 g/mol. The van der Waals surface area contributed by atoms with Crippen molar-refractivity contribution in [1.29, 1.82) is 0 Å². The maximum Gasteiger partial charge on any atom is 0.329 e. The minimum absolute atomic E-state index is 0.283. The van der Waals surface area contributed by atoms with Crippen LogP contribution in [-0.2, 0) is 33.9 Å². The summed E-state index contributed by atoms with van der Waals surface area (Å²) >= 11 is 0. The number of benzene rings is 3. The van der Waals surface area contributed by atoms with E-state index < -0.39 is 5.97 Å². The van der Waals surface area contributed by atoms with E-state index in [4.69, 9.17) is 24.1 Å². The van der Waals surface area contributed by atoms with Crippen LogP contribution in [0.1, 0.15) is 48.6 Å². The van der Waals surface area contributed by atoms with E-state index in [0.717, 1.165) is 28.0 Å². The summed E-state index contributed by atoms with van der Waals surface area (Å²) < 4.78 is 24.6. The smallest absolute Gasteiger partial charge is 0.329 e. The Hall–Kier alpha value is -3.35. The maximum atomic E-state index is 11.2. The number of carboxylic acid groups (broad SMARTS) is 1. The van der Waals surface area contributed by atoms with Crippen LogP contribution < -0.4 is 9.47 Å². The van der Waals surface area contributed by atoms with Crippen molar-refractivity contribution in [3.8, 4) is 11.5 Å². The fourth-order valence-electron chi connectivity index (χ4n) is 4.28. The zero-order valence-electron chi connectivity index (χ0n) is 20.9. The van der Waals surface area contributed by atoms with E-state index in [2.05, 4.69) is 13.8 Å². The highest BCUT2D eigenvalue weighted by Crippen LogP contribution is 2.42. The maximum absolute atomic E-state index is 11.2. The van der Waals surface area contributed by atoms with Crippen LogP contribution >= 0.6 is 0 Å². The minimum atomic E-state index is -0.986. The van der Waals surface area contributed by atoms with Crippen LogP contribution in [-0.4, -0.2) is 30.4 Å². The van der Waals surface area contributed by atoms with Crippen molar-refractivity contribution in [1.82, 2.24) is 0 Å². The van der Waals surface area contributed by atoms with Gasteiger partial charge in [0.1, 0.15) is 24.7 Å². The van der Waals surface area contributed by atoms with Crippen molar-refractivity contribution >= 4 is 5.97 Å². The second kappa shape index (κ2) is 12.6. The highest BCUT2D eigenvalue weighted by Gasteiger charge is 2.32. The standard InChI is InChI=1S/C30H34O6/c1-21(2)17-33-24-13-26-27(28(15-24)35-18-22-9-5-3-6-10-22)14-25(34-20-30(31)32)16-29(26)36-19-23-11-7-4-8-12-23/h3-13,15,21,25,29H,14,16-20H2,1-2H3,(H,31,32)/t25-,29+/m1/s1. The molecule has 0 unspecified atom stereocenters. The van der Waals surface area contributed by atoms with Crippen LogP contribution in [0, 0.1) is 5.92 Å². The lowest BCUT2D eigenvalue weighted by Crippen LogP contribution is -2.29. The van der Waals surface area contributed by atoms with Gasteiger partial charge in [-0.3, -0.25) is 0 Å². The summed E-state index contributed by atoms with van der Waals surface area (Å²) in [7, 11) is 0. The van der Waals surface area contributed by atoms with Crippen LogP contribution in [0.3, 0.4) is 0 Å². The molecule has 4 rings (SSSR count). The van der Waals surface area contributed by atoms with Crippen molar-refractivity contribution in [2.45, 2.75) is 52.1 Å². The number of rotatable bonds is 12. The highest BCUT2D eigenvalue weighted by atomic mass is 16.5. The van der Waals surface area contributed by atoms with Gasteiger partial charge in [0.05, 0.1) is 25.4 Å². The molecule has 0 amide bonds. The molecule has 6 heteroatoms. The van der Waals surface area contributed by atoms with Crippen molar-refractivity contribution < 1.29 is 28.8 Å². The Labute approximate surface area is 212 Å². The Morgan fingerprint density at radius 3 is 2.22 bits per heavy atom. The third kappa shape index (κ3) is 7.33. The van der Waals surface area contributed by atoms with E-state index in [-0.39, 0.29) is 18.8 Å². The average Bonchev–Trinajstić information content (AvgIpc) is 2.89. The molecule has 0 fully saturated rings. The van der Waals surface area contributed by atoms with Crippen molar-refractivity contribution in [3.63, 3.8) is 0 Å². The summed E-state index contributed by atoms with van der Waals surface area (Å²) in [6.07, 6.45) is 0.520. The first-order chi connectivity index (χ1) is 17.5. The molecule has 0 heterocycles. The van der Waals surface area contributed by atoms with Gasteiger partial charge in [0.25, 0.3) is 0 Å². The van der Waals surface area contributed by atoms with Gasteiger partial charge in [-0.1, -0.05) is 74.5 Å². The van der Waals surface area contributed by atoms with Gasteiger partial charge >= 0.3 is 5.97 Å². The molecule has 0 spiro atoms. The summed E-state index contributed by atoms with van der Waals surface area (Å²) in [5, 5.41) is 9.16. The summed E-state index contributed by atoms with van der Waals surface area (Å²) in [5.74, 6) is 0.852. The fourth-order valence-corrected chi connectivity index (χ4v) is 4.28. The van der Waals surface area contributed by atoms with E-state index in [0.29, 0.717) is 44.3 Å². The van der Waals surface area contributed by atoms with E-state index >= 15 is 0 Å². The zero-order valence-corrected chi connectivity index (χ0v) is 20.9. The topological polar surface area (TPSA) is 74.2 Å². The van der Waals surface area contributed by atoms with Crippen LogP contribution in [0.15, 0.2) is 72.8 Å². The largest absolute Gasteiger partial charge is 0.493 e. The zero-order chi connectivity index (χ0) is 25.3. The van der Waals surface area contributed by atoms with Crippen molar-refractivity contribution in [2.24, 2.45) is 5.92 Å². The molecule has 0 aliphatic heterocycles. The van der Waals surface area contributed by atoms with Crippen molar-refractivity contribution in [3.05, 3.63) is 95.1 Å². The number of carboxylic acids is 1. The average molecular weight is 491 g/mol. The van der Waals surface area contributed by atoms with Crippen molar-refractivity contribution in [2.75, 3.05) is 13.2 Å². The number of fused-ring (bicyclic) bond motifs is 1. The molecule has 36 heavy (non-hydrogen) atoms. The molecule has 2 atom stereocenters. The van der Waals surface area contributed by atoms with Gasteiger partial charge in [-0.15, -0.1) is 0 Å². The lowest BCUT2D eigenvalue weighted by atomic mass is 9.86. The molecule has 0 bridgehead atoms. The number of hydrogen-bond acceptors (Lipinski definition) is 5. The first-order valence-electron chi connectivity index (χ1n) is 12.4. The lowest BCUT2D eigenvalue weighted by Gasteiger charge is -2.33. The second-order valence-electron chi connectivity index (χ2n) is 9.52. The molecule has 3 aromatic carbocycles. The molecule has 1 aliphatic rings. The van der Waals surface area contributed by atoms with Crippen LogP contribution in [0.5, 0.6) is 11.5 Å².